The van der Waals surface area contributed by atoms with Crippen LogP contribution in [0.2, 0.25) is 0 Å². The molecular weight excluding hydrogens is 369 g/mol. The Labute approximate surface area is 114 Å². The molecule has 0 aliphatic carbocycles. The molecule has 1 aliphatic rings. The normalized spacial score (nSPS) is 18.9. The summed E-state index contributed by atoms with van der Waals surface area (Å²) in [5.74, 6) is 0.212. The maximum absolute atomic E-state index is 12.0. The predicted octanol–water partition coefficient (Wildman–Crippen LogP) is 2.26. The van der Waals surface area contributed by atoms with Gasteiger partial charge in [0.15, 0.2) is 0 Å². The first kappa shape index (κ1) is 13.8. The standard InChI is InChI=1S/C11H18INO2S2/c1-4-17(14,15)11-8(2)10-9(16-11)5-6-13-7-12(10)3/h13H,4-7H2,1-3H3. The van der Waals surface area contributed by atoms with Crippen molar-refractivity contribution in [3.63, 3.8) is 0 Å². The molecule has 0 unspecified atom stereocenters. The van der Waals surface area contributed by atoms with Crippen LogP contribution in [0.4, 0.5) is 0 Å². The molecule has 6 heteroatoms. The number of sulfone groups is 1. The zero-order valence-electron chi connectivity index (χ0n) is 10.3. The van der Waals surface area contributed by atoms with Crippen LogP contribution in [0.25, 0.3) is 0 Å². The summed E-state index contributed by atoms with van der Waals surface area (Å²) < 4.78 is 27.2. The number of hydrogen-bond donors (Lipinski definition) is 1. The molecule has 0 amide bonds. The number of fused-ring (bicyclic) bond motifs is 1. The Morgan fingerprint density at radius 3 is 2.82 bits per heavy atom. The molecule has 0 saturated carbocycles. The van der Waals surface area contributed by atoms with Gasteiger partial charge in [-0.05, 0) is 0 Å². The Bertz CT molecular complexity index is 522. The predicted molar refractivity (Wildman–Crippen MR) is 82.0 cm³/mol. The number of halogens is 1. The van der Waals surface area contributed by atoms with E-state index in [0.717, 1.165) is 23.1 Å². The first-order valence-electron chi connectivity index (χ1n) is 5.59. The zero-order chi connectivity index (χ0) is 12.6. The van der Waals surface area contributed by atoms with Crippen molar-refractivity contribution in [3.05, 3.63) is 14.0 Å². The molecule has 0 bridgehead atoms. The van der Waals surface area contributed by atoms with Crippen LogP contribution in [0, 0.1) is 10.5 Å². The van der Waals surface area contributed by atoms with E-state index in [0.29, 0.717) is 4.21 Å². The monoisotopic (exact) mass is 387 g/mol. The summed E-state index contributed by atoms with van der Waals surface area (Å²) in [6.07, 6.45) is 0.988. The van der Waals surface area contributed by atoms with E-state index >= 15 is 0 Å². The average molecular weight is 387 g/mol. The quantitative estimate of drug-likeness (QED) is 0.481. The van der Waals surface area contributed by atoms with Crippen LogP contribution in [-0.2, 0) is 16.3 Å². The molecule has 1 aliphatic heterocycles. The first-order chi connectivity index (χ1) is 7.97. The Kier molecular flexibility index (Phi) is 4.16. The molecule has 98 valence electrons. The van der Waals surface area contributed by atoms with Crippen molar-refractivity contribution in [1.82, 2.24) is 5.32 Å². The van der Waals surface area contributed by atoms with Gasteiger partial charge in [-0.25, -0.2) is 0 Å². The van der Waals surface area contributed by atoms with Crippen molar-refractivity contribution in [3.8, 4) is 0 Å². The minimum atomic E-state index is -3.04. The Morgan fingerprint density at radius 2 is 2.18 bits per heavy atom. The summed E-state index contributed by atoms with van der Waals surface area (Å²) in [5.41, 5.74) is 1.06. The molecule has 0 fully saturated rings. The molecule has 2 heterocycles. The second kappa shape index (κ2) is 5.14. The second-order valence-electron chi connectivity index (χ2n) is 4.13. The van der Waals surface area contributed by atoms with Gasteiger partial charge in [-0.2, -0.15) is 0 Å². The van der Waals surface area contributed by atoms with Crippen molar-refractivity contribution in [2.75, 3.05) is 21.8 Å². The summed E-state index contributed by atoms with van der Waals surface area (Å²) in [6, 6.07) is 0. The summed E-state index contributed by atoms with van der Waals surface area (Å²) in [7, 11) is -3.04. The van der Waals surface area contributed by atoms with Gasteiger partial charge in [-0.15, -0.1) is 0 Å². The fraction of sp³-hybridized carbons (Fsp3) is 0.636. The third-order valence-corrected chi connectivity index (χ3v) is 12.0. The molecule has 1 aromatic heterocycles. The van der Waals surface area contributed by atoms with Gasteiger partial charge >= 0.3 is 115 Å². The van der Waals surface area contributed by atoms with Gasteiger partial charge in [0.2, 0.25) is 0 Å². The van der Waals surface area contributed by atoms with E-state index in [1.54, 1.807) is 6.92 Å². The van der Waals surface area contributed by atoms with Gasteiger partial charge in [0.1, 0.15) is 0 Å². The SMILES string of the molecule is CCS(=O)(=O)c1sc2c(c1C)I(C)CNCC2. The number of thiophene rings is 1. The van der Waals surface area contributed by atoms with E-state index in [4.69, 9.17) is 0 Å². The first-order valence-corrected chi connectivity index (χ1v) is 12.8. The van der Waals surface area contributed by atoms with E-state index in [1.165, 1.54) is 19.8 Å². The van der Waals surface area contributed by atoms with E-state index in [9.17, 15) is 8.42 Å². The van der Waals surface area contributed by atoms with E-state index in [2.05, 4.69) is 10.2 Å². The van der Waals surface area contributed by atoms with Crippen LogP contribution in [0.3, 0.4) is 0 Å². The molecule has 1 N–H and O–H groups in total. The van der Waals surface area contributed by atoms with Crippen LogP contribution >= 0.6 is 31.2 Å². The third-order valence-electron chi connectivity index (χ3n) is 2.91. The number of hydrogen-bond acceptors (Lipinski definition) is 4. The van der Waals surface area contributed by atoms with Crippen LogP contribution < -0.4 is 5.32 Å². The van der Waals surface area contributed by atoms with Crippen LogP contribution in [0.1, 0.15) is 17.4 Å². The van der Waals surface area contributed by atoms with Crippen molar-refractivity contribution < 1.29 is 8.42 Å². The molecule has 0 radical (unpaired) electrons. The molecule has 0 atom stereocenters. The van der Waals surface area contributed by atoms with E-state index in [-0.39, 0.29) is 5.75 Å². The zero-order valence-corrected chi connectivity index (χ0v) is 14.1. The van der Waals surface area contributed by atoms with Crippen LogP contribution in [-0.4, -0.2) is 30.2 Å². The van der Waals surface area contributed by atoms with Crippen LogP contribution in [0.15, 0.2) is 4.21 Å². The summed E-state index contributed by atoms with van der Waals surface area (Å²) >= 11 is 0.337. The van der Waals surface area contributed by atoms with Gasteiger partial charge in [-0.1, -0.05) is 0 Å². The molecular formula is C11H18INO2S2. The van der Waals surface area contributed by atoms with Crippen molar-refractivity contribution >= 4 is 41.0 Å². The molecule has 0 saturated heterocycles. The van der Waals surface area contributed by atoms with Gasteiger partial charge < -0.3 is 0 Å². The molecule has 0 aromatic carbocycles. The Balaban J connectivity index is 2.57. The number of alkyl halides is 2. The van der Waals surface area contributed by atoms with Gasteiger partial charge in [0.05, 0.1) is 0 Å². The van der Waals surface area contributed by atoms with Crippen molar-refractivity contribution in [2.24, 2.45) is 0 Å². The third kappa shape index (κ3) is 2.54. The van der Waals surface area contributed by atoms with Gasteiger partial charge in [0.25, 0.3) is 0 Å². The average Bonchev–Trinajstić information content (AvgIpc) is 2.50. The van der Waals surface area contributed by atoms with Gasteiger partial charge in [0, 0.05) is 0 Å². The summed E-state index contributed by atoms with van der Waals surface area (Å²) in [6.45, 7) is 4.71. The number of rotatable bonds is 2. The molecule has 2 rings (SSSR count). The van der Waals surface area contributed by atoms with Crippen LogP contribution in [0.5, 0.6) is 0 Å². The fourth-order valence-corrected chi connectivity index (χ4v) is 11.0. The van der Waals surface area contributed by atoms with Gasteiger partial charge in [-0.3, -0.25) is 0 Å². The fourth-order valence-electron chi connectivity index (χ4n) is 2.02. The second-order valence-corrected chi connectivity index (χ2v) is 12.9. The topological polar surface area (TPSA) is 46.2 Å². The molecule has 3 nitrogen and oxygen atoms in total. The Hall–Kier alpha value is 0.340. The number of nitrogens with one attached hydrogen (secondary N) is 1. The molecule has 17 heavy (non-hydrogen) atoms. The summed E-state index contributed by atoms with van der Waals surface area (Å²) in [4.78, 5) is 3.65. The van der Waals surface area contributed by atoms with E-state index < -0.39 is 29.7 Å². The summed E-state index contributed by atoms with van der Waals surface area (Å²) in [5, 5.41) is 3.46. The minimum absolute atomic E-state index is 0.212. The molecule has 1 aromatic rings. The van der Waals surface area contributed by atoms with Crippen molar-refractivity contribution in [1.29, 1.82) is 0 Å². The molecule has 0 spiro atoms. The Morgan fingerprint density at radius 1 is 1.47 bits per heavy atom. The van der Waals surface area contributed by atoms with Crippen molar-refractivity contribution in [2.45, 2.75) is 24.5 Å². The van der Waals surface area contributed by atoms with E-state index in [1.807, 2.05) is 6.92 Å². The maximum atomic E-state index is 12.0.